The van der Waals surface area contributed by atoms with Crippen molar-refractivity contribution >= 4 is 27.9 Å². The van der Waals surface area contributed by atoms with Gasteiger partial charge in [0.1, 0.15) is 16.9 Å². The summed E-state index contributed by atoms with van der Waals surface area (Å²) in [5.41, 5.74) is 1.57. The number of fused-ring (bicyclic) bond motifs is 3. The van der Waals surface area contributed by atoms with Gasteiger partial charge in [0, 0.05) is 10.8 Å². The smallest absolute Gasteiger partial charge is 0.379 e. The molecule has 2 aromatic carbocycles. The molecule has 4 nitrogen and oxygen atoms in total. The Labute approximate surface area is 119 Å². The highest BCUT2D eigenvalue weighted by atomic mass is 16.5. The molecular formula is C17H10O4. The van der Waals surface area contributed by atoms with Gasteiger partial charge in [-0.15, -0.1) is 0 Å². The van der Waals surface area contributed by atoms with E-state index in [1.165, 1.54) is 6.26 Å². The molecule has 0 unspecified atom stereocenters. The first-order valence-electron chi connectivity index (χ1n) is 6.48. The second-order valence-corrected chi connectivity index (χ2v) is 4.62. The second kappa shape index (κ2) is 4.52. The maximum Gasteiger partial charge on any atom is 0.379 e. The average molecular weight is 278 g/mol. The molecule has 0 spiro atoms. The lowest BCUT2D eigenvalue weighted by Gasteiger charge is -2.01. The summed E-state index contributed by atoms with van der Waals surface area (Å²) in [6.07, 6.45) is 1.43. The molecule has 2 heterocycles. The van der Waals surface area contributed by atoms with E-state index in [0.29, 0.717) is 5.75 Å². The van der Waals surface area contributed by atoms with Crippen LogP contribution in [0.4, 0.5) is 0 Å². The van der Waals surface area contributed by atoms with Crippen molar-refractivity contribution < 1.29 is 18.4 Å². The molecule has 0 aliphatic carbocycles. The van der Waals surface area contributed by atoms with Gasteiger partial charge in [0.2, 0.25) is 5.76 Å². The number of para-hydroxylation sites is 1. The maximum atomic E-state index is 11.9. The summed E-state index contributed by atoms with van der Waals surface area (Å²) in [4.78, 5) is 11.9. The normalized spacial score (nSPS) is 11.0. The van der Waals surface area contributed by atoms with Crippen molar-refractivity contribution in [2.24, 2.45) is 0 Å². The summed E-state index contributed by atoms with van der Waals surface area (Å²) in [6, 6.07) is 16.2. The minimum atomic E-state index is -0.521. The Balaban J connectivity index is 1.76. The fourth-order valence-electron chi connectivity index (χ4n) is 2.32. The minimum Gasteiger partial charge on any atom is -0.457 e. The number of hydrogen-bond acceptors (Lipinski definition) is 4. The fourth-order valence-corrected chi connectivity index (χ4v) is 2.32. The summed E-state index contributed by atoms with van der Waals surface area (Å²) in [7, 11) is 0. The third kappa shape index (κ3) is 1.97. The molecule has 4 aromatic rings. The van der Waals surface area contributed by atoms with Crippen molar-refractivity contribution in [3.8, 4) is 5.75 Å². The Hall–Kier alpha value is -3.01. The summed E-state index contributed by atoms with van der Waals surface area (Å²) >= 11 is 0. The first kappa shape index (κ1) is 11.8. The van der Waals surface area contributed by atoms with Gasteiger partial charge in [-0.2, -0.15) is 0 Å². The van der Waals surface area contributed by atoms with Crippen molar-refractivity contribution in [1.82, 2.24) is 0 Å². The van der Waals surface area contributed by atoms with Crippen molar-refractivity contribution in [3.63, 3.8) is 0 Å². The fraction of sp³-hybridized carbons (Fsp3) is 0. The molecular weight excluding hydrogens is 268 g/mol. The van der Waals surface area contributed by atoms with Crippen molar-refractivity contribution in [1.29, 1.82) is 0 Å². The number of carbonyl (C=O) groups is 1. The van der Waals surface area contributed by atoms with Gasteiger partial charge in [-0.3, -0.25) is 0 Å². The van der Waals surface area contributed by atoms with E-state index in [0.717, 1.165) is 21.9 Å². The predicted octanol–water partition coefficient (Wildman–Crippen LogP) is 4.40. The molecule has 0 amide bonds. The van der Waals surface area contributed by atoms with Crippen LogP contribution in [0.5, 0.6) is 5.75 Å². The van der Waals surface area contributed by atoms with Gasteiger partial charge < -0.3 is 13.6 Å². The molecule has 0 atom stereocenters. The molecule has 0 aliphatic heterocycles. The molecule has 0 saturated heterocycles. The number of furan rings is 2. The summed E-state index contributed by atoms with van der Waals surface area (Å²) in [5, 5.41) is 1.90. The molecule has 0 bridgehead atoms. The highest BCUT2D eigenvalue weighted by molar-refractivity contribution is 6.05. The van der Waals surface area contributed by atoms with E-state index in [2.05, 4.69) is 0 Å². The maximum absolute atomic E-state index is 11.9. The van der Waals surface area contributed by atoms with Crippen LogP contribution in [-0.2, 0) is 0 Å². The number of carbonyl (C=O) groups excluding carboxylic acids is 1. The zero-order valence-electron chi connectivity index (χ0n) is 10.9. The van der Waals surface area contributed by atoms with Crippen LogP contribution in [0, 0.1) is 0 Å². The van der Waals surface area contributed by atoms with E-state index >= 15 is 0 Å². The van der Waals surface area contributed by atoms with E-state index in [9.17, 15) is 4.79 Å². The average Bonchev–Trinajstić information content (AvgIpc) is 3.14. The number of ether oxygens (including phenoxy) is 1. The molecule has 0 N–H and O–H groups in total. The van der Waals surface area contributed by atoms with Crippen LogP contribution < -0.4 is 4.74 Å². The van der Waals surface area contributed by atoms with Gasteiger partial charge in [-0.25, -0.2) is 4.79 Å². The van der Waals surface area contributed by atoms with Crippen molar-refractivity contribution in [2.45, 2.75) is 0 Å². The quantitative estimate of drug-likeness (QED) is 0.403. The van der Waals surface area contributed by atoms with Crippen molar-refractivity contribution in [2.75, 3.05) is 0 Å². The van der Waals surface area contributed by atoms with Crippen LogP contribution in [0.15, 0.2) is 69.7 Å². The van der Waals surface area contributed by atoms with E-state index in [-0.39, 0.29) is 5.76 Å². The van der Waals surface area contributed by atoms with Crippen LogP contribution in [0.3, 0.4) is 0 Å². The predicted molar refractivity (Wildman–Crippen MR) is 77.4 cm³/mol. The van der Waals surface area contributed by atoms with Crippen molar-refractivity contribution in [3.05, 3.63) is 66.6 Å². The second-order valence-electron chi connectivity index (χ2n) is 4.62. The summed E-state index contributed by atoms with van der Waals surface area (Å²) in [6.45, 7) is 0. The van der Waals surface area contributed by atoms with Gasteiger partial charge in [0.15, 0.2) is 0 Å². The summed E-state index contributed by atoms with van der Waals surface area (Å²) in [5.74, 6) is 0.106. The van der Waals surface area contributed by atoms with Crippen LogP contribution >= 0.6 is 0 Å². The lowest BCUT2D eigenvalue weighted by molar-refractivity contribution is 0.0701. The van der Waals surface area contributed by atoms with Crippen LogP contribution in [0.1, 0.15) is 10.6 Å². The molecule has 0 saturated carbocycles. The van der Waals surface area contributed by atoms with Gasteiger partial charge in [-0.1, -0.05) is 18.2 Å². The Morgan fingerprint density at radius 3 is 2.62 bits per heavy atom. The molecule has 4 heteroatoms. The molecule has 102 valence electrons. The Morgan fingerprint density at radius 2 is 1.76 bits per heavy atom. The van der Waals surface area contributed by atoms with Gasteiger partial charge in [0.25, 0.3) is 0 Å². The number of benzene rings is 2. The zero-order valence-corrected chi connectivity index (χ0v) is 10.9. The van der Waals surface area contributed by atoms with E-state index in [1.807, 2.05) is 24.3 Å². The van der Waals surface area contributed by atoms with E-state index < -0.39 is 5.97 Å². The van der Waals surface area contributed by atoms with Crippen LogP contribution in [-0.4, -0.2) is 5.97 Å². The van der Waals surface area contributed by atoms with Gasteiger partial charge in [0.05, 0.1) is 6.26 Å². The standard InChI is InChI=1S/C17H10O4/c18-17(16-6-3-9-19-16)20-11-7-8-15-13(10-11)12-4-1-2-5-14(12)21-15/h1-10H. The lowest BCUT2D eigenvalue weighted by atomic mass is 10.1. The zero-order chi connectivity index (χ0) is 14.2. The largest absolute Gasteiger partial charge is 0.457 e. The molecule has 0 fully saturated rings. The SMILES string of the molecule is O=C(Oc1ccc2oc3ccccc3c2c1)c1ccco1. The monoisotopic (exact) mass is 278 g/mol. The Morgan fingerprint density at radius 1 is 0.905 bits per heavy atom. The molecule has 21 heavy (non-hydrogen) atoms. The van der Waals surface area contributed by atoms with Crippen LogP contribution in [0.2, 0.25) is 0 Å². The molecule has 4 rings (SSSR count). The van der Waals surface area contributed by atoms with E-state index in [4.69, 9.17) is 13.6 Å². The molecule has 2 aromatic heterocycles. The molecule has 0 radical (unpaired) electrons. The highest BCUT2D eigenvalue weighted by Crippen LogP contribution is 2.31. The number of rotatable bonds is 2. The topological polar surface area (TPSA) is 52.6 Å². The number of hydrogen-bond donors (Lipinski definition) is 0. The first-order valence-corrected chi connectivity index (χ1v) is 6.48. The third-order valence-corrected chi connectivity index (χ3v) is 3.28. The third-order valence-electron chi connectivity index (χ3n) is 3.28. The first-order chi connectivity index (χ1) is 10.3. The Kier molecular flexibility index (Phi) is 2.54. The highest BCUT2D eigenvalue weighted by Gasteiger charge is 2.13. The van der Waals surface area contributed by atoms with Crippen LogP contribution in [0.25, 0.3) is 21.9 Å². The van der Waals surface area contributed by atoms with E-state index in [1.54, 1.807) is 30.3 Å². The van der Waals surface area contributed by atoms with Gasteiger partial charge >= 0.3 is 5.97 Å². The Bertz CT molecular complexity index is 932. The minimum absolute atomic E-state index is 0.173. The summed E-state index contributed by atoms with van der Waals surface area (Å²) < 4.78 is 16.1. The molecule has 0 aliphatic rings. The lowest BCUT2D eigenvalue weighted by Crippen LogP contribution is -2.06. The number of esters is 1. The van der Waals surface area contributed by atoms with Gasteiger partial charge in [-0.05, 0) is 36.4 Å².